The molecular weight excluding hydrogens is 205 g/mol. The Bertz CT molecular complexity index is 512. The standard InChI is InChI=1S/C12H10FN3/c13-11-4-1-5-12(10(11)7-14)16-8-9-3-2-6-15-9/h1-6,15-16H,8H2. The van der Waals surface area contributed by atoms with Crippen molar-refractivity contribution in [1.29, 1.82) is 5.26 Å². The molecule has 0 atom stereocenters. The minimum Gasteiger partial charge on any atom is -0.378 e. The van der Waals surface area contributed by atoms with E-state index in [0.29, 0.717) is 12.2 Å². The molecule has 0 aliphatic rings. The van der Waals surface area contributed by atoms with Crippen molar-refractivity contribution in [3.05, 3.63) is 53.6 Å². The first-order valence-corrected chi connectivity index (χ1v) is 4.86. The van der Waals surface area contributed by atoms with E-state index >= 15 is 0 Å². The Labute approximate surface area is 92.5 Å². The van der Waals surface area contributed by atoms with E-state index < -0.39 is 5.82 Å². The van der Waals surface area contributed by atoms with E-state index in [1.54, 1.807) is 12.1 Å². The molecule has 1 heterocycles. The summed E-state index contributed by atoms with van der Waals surface area (Å²) in [5, 5.41) is 11.8. The minimum absolute atomic E-state index is 0.0501. The molecule has 0 saturated heterocycles. The van der Waals surface area contributed by atoms with E-state index in [1.165, 1.54) is 6.07 Å². The fraction of sp³-hybridized carbons (Fsp3) is 0.0833. The summed E-state index contributed by atoms with van der Waals surface area (Å²) < 4.78 is 13.2. The number of hydrogen-bond donors (Lipinski definition) is 2. The van der Waals surface area contributed by atoms with Gasteiger partial charge in [-0.2, -0.15) is 5.26 Å². The van der Waals surface area contributed by atoms with Gasteiger partial charge in [-0.1, -0.05) is 6.07 Å². The molecule has 3 nitrogen and oxygen atoms in total. The molecule has 0 saturated carbocycles. The number of benzene rings is 1. The van der Waals surface area contributed by atoms with E-state index in [2.05, 4.69) is 10.3 Å². The summed E-state index contributed by atoms with van der Waals surface area (Å²) in [5.74, 6) is -0.501. The third kappa shape index (κ3) is 2.04. The smallest absolute Gasteiger partial charge is 0.143 e. The number of nitriles is 1. The van der Waals surface area contributed by atoms with E-state index in [-0.39, 0.29) is 5.56 Å². The lowest BCUT2D eigenvalue weighted by molar-refractivity contribution is 0.624. The van der Waals surface area contributed by atoms with E-state index in [4.69, 9.17) is 5.26 Å². The summed E-state index contributed by atoms with van der Waals surface area (Å²) in [7, 11) is 0. The maximum atomic E-state index is 13.2. The number of rotatable bonds is 3. The van der Waals surface area contributed by atoms with Crippen molar-refractivity contribution >= 4 is 5.69 Å². The van der Waals surface area contributed by atoms with Gasteiger partial charge in [0.25, 0.3) is 0 Å². The second-order valence-corrected chi connectivity index (χ2v) is 3.32. The summed E-state index contributed by atoms with van der Waals surface area (Å²) in [6.45, 7) is 0.533. The highest BCUT2D eigenvalue weighted by molar-refractivity contribution is 5.57. The molecule has 0 aliphatic carbocycles. The van der Waals surface area contributed by atoms with Crippen molar-refractivity contribution < 1.29 is 4.39 Å². The number of hydrogen-bond acceptors (Lipinski definition) is 2. The Morgan fingerprint density at radius 2 is 2.19 bits per heavy atom. The number of halogens is 1. The van der Waals surface area contributed by atoms with Gasteiger partial charge in [0.2, 0.25) is 0 Å². The molecule has 0 radical (unpaired) electrons. The molecule has 0 unspecified atom stereocenters. The van der Waals surface area contributed by atoms with Crippen LogP contribution in [0.15, 0.2) is 36.5 Å². The predicted octanol–water partition coefficient (Wildman–Crippen LogP) is 2.64. The number of aromatic nitrogens is 1. The topological polar surface area (TPSA) is 51.6 Å². The third-order valence-corrected chi connectivity index (χ3v) is 2.26. The van der Waals surface area contributed by atoms with Crippen molar-refractivity contribution in [3.8, 4) is 6.07 Å². The molecule has 0 aliphatic heterocycles. The Hall–Kier alpha value is -2.28. The van der Waals surface area contributed by atoms with Gasteiger partial charge in [0.05, 0.1) is 12.2 Å². The molecule has 0 amide bonds. The van der Waals surface area contributed by atoms with Gasteiger partial charge in [0.1, 0.15) is 17.4 Å². The molecule has 0 fully saturated rings. The van der Waals surface area contributed by atoms with Crippen LogP contribution in [0.2, 0.25) is 0 Å². The zero-order valence-corrected chi connectivity index (χ0v) is 8.50. The Morgan fingerprint density at radius 1 is 1.31 bits per heavy atom. The highest BCUT2D eigenvalue weighted by Gasteiger charge is 2.06. The molecule has 16 heavy (non-hydrogen) atoms. The van der Waals surface area contributed by atoms with Crippen molar-refractivity contribution in [2.75, 3.05) is 5.32 Å². The van der Waals surface area contributed by atoms with Gasteiger partial charge in [0, 0.05) is 11.9 Å². The quantitative estimate of drug-likeness (QED) is 0.826. The number of nitrogens with one attached hydrogen (secondary N) is 2. The molecule has 2 aromatic rings. The highest BCUT2D eigenvalue weighted by Crippen LogP contribution is 2.18. The normalized spacial score (nSPS) is 9.75. The average molecular weight is 215 g/mol. The summed E-state index contributed by atoms with van der Waals surface area (Å²) >= 11 is 0. The first-order chi connectivity index (χ1) is 7.81. The number of anilines is 1. The lowest BCUT2D eigenvalue weighted by Crippen LogP contribution is -2.02. The highest BCUT2D eigenvalue weighted by atomic mass is 19.1. The zero-order valence-electron chi connectivity index (χ0n) is 8.50. The summed E-state index contributed by atoms with van der Waals surface area (Å²) in [6.07, 6.45) is 1.81. The number of aromatic amines is 1. The van der Waals surface area contributed by atoms with Crippen LogP contribution in [0.25, 0.3) is 0 Å². The first kappa shape index (κ1) is 10.2. The lowest BCUT2D eigenvalue weighted by Gasteiger charge is -2.07. The van der Waals surface area contributed by atoms with Gasteiger partial charge in [-0.15, -0.1) is 0 Å². The van der Waals surface area contributed by atoms with Crippen LogP contribution < -0.4 is 5.32 Å². The van der Waals surface area contributed by atoms with Gasteiger partial charge in [0.15, 0.2) is 0 Å². The third-order valence-electron chi connectivity index (χ3n) is 2.26. The molecule has 80 valence electrons. The van der Waals surface area contributed by atoms with E-state index in [9.17, 15) is 4.39 Å². The lowest BCUT2D eigenvalue weighted by atomic mass is 10.2. The van der Waals surface area contributed by atoms with E-state index in [0.717, 1.165) is 5.69 Å². The fourth-order valence-corrected chi connectivity index (χ4v) is 1.45. The number of nitrogens with zero attached hydrogens (tertiary/aromatic N) is 1. The summed E-state index contributed by atoms with van der Waals surface area (Å²) in [4.78, 5) is 3.02. The first-order valence-electron chi connectivity index (χ1n) is 4.86. The van der Waals surface area contributed by atoms with Crippen LogP contribution in [0.5, 0.6) is 0 Å². The van der Waals surface area contributed by atoms with Crippen molar-refractivity contribution in [2.24, 2.45) is 0 Å². The summed E-state index contributed by atoms with van der Waals surface area (Å²) in [6, 6.07) is 10.2. The van der Waals surface area contributed by atoms with Crippen LogP contribution in [0.1, 0.15) is 11.3 Å². The van der Waals surface area contributed by atoms with Crippen LogP contribution >= 0.6 is 0 Å². The second kappa shape index (κ2) is 4.49. The zero-order chi connectivity index (χ0) is 11.4. The monoisotopic (exact) mass is 215 g/mol. The van der Waals surface area contributed by atoms with Crippen molar-refractivity contribution in [1.82, 2.24) is 4.98 Å². The maximum absolute atomic E-state index is 13.2. The van der Waals surface area contributed by atoms with Crippen LogP contribution in [0.3, 0.4) is 0 Å². The van der Waals surface area contributed by atoms with Gasteiger partial charge in [-0.25, -0.2) is 4.39 Å². The minimum atomic E-state index is -0.501. The van der Waals surface area contributed by atoms with Crippen LogP contribution in [0, 0.1) is 17.1 Å². The Balaban J connectivity index is 2.16. The van der Waals surface area contributed by atoms with Crippen molar-refractivity contribution in [3.63, 3.8) is 0 Å². The fourth-order valence-electron chi connectivity index (χ4n) is 1.45. The largest absolute Gasteiger partial charge is 0.378 e. The Morgan fingerprint density at radius 3 is 2.88 bits per heavy atom. The molecule has 2 N–H and O–H groups in total. The maximum Gasteiger partial charge on any atom is 0.143 e. The average Bonchev–Trinajstić information content (AvgIpc) is 2.79. The molecule has 0 bridgehead atoms. The van der Waals surface area contributed by atoms with Crippen LogP contribution in [-0.4, -0.2) is 4.98 Å². The molecule has 1 aromatic heterocycles. The molecule has 0 spiro atoms. The van der Waals surface area contributed by atoms with Gasteiger partial charge >= 0.3 is 0 Å². The number of H-pyrrole nitrogens is 1. The predicted molar refractivity (Wildman–Crippen MR) is 59.2 cm³/mol. The molecular formula is C12H10FN3. The van der Waals surface area contributed by atoms with Gasteiger partial charge in [-0.3, -0.25) is 0 Å². The Kier molecular flexibility index (Phi) is 2.88. The van der Waals surface area contributed by atoms with Crippen molar-refractivity contribution in [2.45, 2.75) is 6.54 Å². The second-order valence-electron chi connectivity index (χ2n) is 3.32. The SMILES string of the molecule is N#Cc1c(F)cccc1NCc1ccc[nH]1. The van der Waals surface area contributed by atoms with Crippen LogP contribution in [-0.2, 0) is 6.54 Å². The van der Waals surface area contributed by atoms with Gasteiger partial charge in [-0.05, 0) is 24.3 Å². The van der Waals surface area contributed by atoms with Gasteiger partial charge < -0.3 is 10.3 Å². The molecule has 1 aromatic carbocycles. The van der Waals surface area contributed by atoms with Crippen LogP contribution in [0.4, 0.5) is 10.1 Å². The van der Waals surface area contributed by atoms with E-state index in [1.807, 2.05) is 24.4 Å². The molecule has 4 heteroatoms. The summed E-state index contributed by atoms with van der Waals surface area (Å²) in [5.41, 5.74) is 1.54. The molecule has 2 rings (SSSR count).